The lowest BCUT2D eigenvalue weighted by Crippen LogP contribution is -2.53. The molecule has 1 aromatic heterocycles. The van der Waals surface area contributed by atoms with Crippen molar-refractivity contribution in [2.24, 2.45) is 5.92 Å². The number of nitrogens with zero attached hydrogens (tertiary/aromatic N) is 3. The van der Waals surface area contributed by atoms with E-state index in [2.05, 4.69) is 15.3 Å². The molecule has 0 radical (unpaired) electrons. The van der Waals surface area contributed by atoms with Crippen LogP contribution in [0.3, 0.4) is 0 Å². The molecule has 1 aliphatic heterocycles. The van der Waals surface area contributed by atoms with Gasteiger partial charge in [0.1, 0.15) is 11.6 Å². The summed E-state index contributed by atoms with van der Waals surface area (Å²) in [6, 6.07) is 3.71. The Balaban J connectivity index is 1.46. The van der Waals surface area contributed by atoms with Gasteiger partial charge in [0, 0.05) is 36.8 Å². The average Bonchev–Trinajstić information content (AvgIpc) is 3.11. The van der Waals surface area contributed by atoms with Crippen LogP contribution < -0.4 is 5.32 Å². The third-order valence-corrected chi connectivity index (χ3v) is 6.44. The van der Waals surface area contributed by atoms with Gasteiger partial charge in [0.15, 0.2) is 0 Å². The number of hydrogen-bond donors (Lipinski definition) is 2. The first-order valence-electron chi connectivity index (χ1n) is 11.3. The number of amides is 1. The molecule has 2 aromatic rings. The van der Waals surface area contributed by atoms with Crippen molar-refractivity contribution in [3.8, 4) is 0 Å². The van der Waals surface area contributed by atoms with E-state index < -0.39 is 17.8 Å². The lowest BCUT2D eigenvalue weighted by molar-refractivity contribution is -0.141. The standard InChI is InChI=1S/C24H29F3N4O2/c1-13-6-17(10-18(7-13)24(25,26)27)14(2)28-23-20-8-16(9-21(20)29-15(3)30-23)4-5-22(33)31-11-19(32)12-31/h6-7,10,14,16,19,32H,4-5,8-9,11-12H2,1-3H3,(H,28,29,30)/t14-,16?/m1/s1. The molecule has 2 N–H and O–H groups in total. The van der Waals surface area contributed by atoms with Crippen molar-refractivity contribution in [2.75, 3.05) is 18.4 Å². The molecule has 2 atom stereocenters. The fourth-order valence-corrected chi connectivity index (χ4v) is 4.65. The molecule has 2 heterocycles. The van der Waals surface area contributed by atoms with E-state index in [0.717, 1.165) is 36.6 Å². The van der Waals surface area contributed by atoms with Gasteiger partial charge in [0.25, 0.3) is 0 Å². The lowest BCUT2D eigenvalue weighted by Gasteiger charge is -2.36. The highest BCUT2D eigenvalue weighted by Gasteiger charge is 2.33. The summed E-state index contributed by atoms with van der Waals surface area (Å²) < 4.78 is 39.8. The zero-order chi connectivity index (χ0) is 23.9. The van der Waals surface area contributed by atoms with E-state index >= 15 is 0 Å². The Morgan fingerprint density at radius 2 is 1.94 bits per heavy atom. The van der Waals surface area contributed by atoms with Crippen LogP contribution in [0.15, 0.2) is 18.2 Å². The number of aliphatic hydroxyl groups is 1. The number of halogens is 3. The highest BCUT2D eigenvalue weighted by atomic mass is 19.4. The quantitative estimate of drug-likeness (QED) is 0.679. The summed E-state index contributed by atoms with van der Waals surface area (Å²) in [6.07, 6.45) is -2.17. The Hall–Kier alpha value is -2.68. The molecule has 33 heavy (non-hydrogen) atoms. The Kier molecular flexibility index (Phi) is 6.35. The number of likely N-dealkylation sites (tertiary alicyclic amines) is 1. The Bertz CT molecular complexity index is 1050. The number of aliphatic hydroxyl groups excluding tert-OH is 1. The van der Waals surface area contributed by atoms with Crippen LogP contribution in [0.5, 0.6) is 0 Å². The molecule has 0 spiro atoms. The van der Waals surface area contributed by atoms with Crippen LogP contribution in [0.4, 0.5) is 19.0 Å². The maximum Gasteiger partial charge on any atom is 0.416 e. The summed E-state index contributed by atoms with van der Waals surface area (Å²) >= 11 is 0. The lowest BCUT2D eigenvalue weighted by atomic mass is 9.99. The van der Waals surface area contributed by atoms with Crippen molar-refractivity contribution in [1.29, 1.82) is 0 Å². The SMILES string of the molecule is Cc1cc([C@@H](C)Nc2nc(C)nc3c2CC(CCC(=O)N2CC(O)C2)C3)cc(C(F)(F)F)c1. The molecule has 2 aliphatic rings. The van der Waals surface area contributed by atoms with Crippen LogP contribution in [0.1, 0.15) is 59.6 Å². The van der Waals surface area contributed by atoms with Crippen molar-refractivity contribution in [2.45, 2.75) is 64.8 Å². The summed E-state index contributed by atoms with van der Waals surface area (Å²) in [7, 11) is 0. The van der Waals surface area contributed by atoms with Gasteiger partial charge in [-0.3, -0.25) is 4.79 Å². The minimum Gasteiger partial charge on any atom is -0.389 e. The molecule has 0 bridgehead atoms. The van der Waals surface area contributed by atoms with Gasteiger partial charge < -0.3 is 15.3 Å². The molecule has 1 aromatic carbocycles. The summed E-state index contributed by atoms with van der Waals surface area (Å²) in [4.78, 5) is 23.0. The highest BCUT2D eigenvalue weighted by Crippen LogP contribution is 2.36. The van der Waals surface area contributed by atoms with Crippen LogP contribution >= 0.6 is 0 Å². The van der Waals surface area contributed by atoms with Gasteiger partial charge in [0.2, 0.25) is 5.91 Å². The summed E-state index contributed by atoms with van der Waals surface area (Å²) in [6.45, 7) is 6.11. The van der Waals surface area contributed by atoms with Gasteiger partial charge in [0.05, 0.1) is 11.7 Å². The van der Waals surface area contributed by atoms with E-state index in [1.165, 1.54) is 6.07 Å². The first-order valence-corrected chi connectivity index (χ1v) is 11.3. The van der Waals surface area contributed by atoms with Crippen LogP contribution in [0.2, 0.25) is 0 Å². The summed E-state index contributed by atoms with van der Waals surface area (Å²) in [5, 5.41) is 12.7. The second-order valence-electron chi connectivity index (χ2n) is 9.31. The van der Waals surface area contributed by atoms with E-state index in [1.54, 1.807) is 24.8 Å². The molecular weight excluding hydrogens is 433 g/mol. The first-order chi connectivity index (χ1) is 15.5. The number of aryl methyl sites for hydroxylation is 2. The number of carbonyl (C=O) groups is 1. The Morgan fingerprint density at radius 1 is 1.21 bits per heavy atom. The highest BCUT2D eigenvalue weighted by molar-refractivity contribution is 5.77. The van der Waals surface area contributed by atoms with E-state index in [9.17, 15) is 23.1 Å². The van der Waals surface area contributed by atoms with Crippen molar-refractivity contribution < 1.29 is 23.1 Å². The minimum absolute atomic E-state index is 0.0606. The summed E-state index contributed by atoms with van der Waals surface area (Å²) in [5.41, 5.74) is 2.36. The predicted octanol–water partition coefficient (Wildman–Crippen LogP) is 3.98. The van der Waals surface area contributed by atoms with E-state index in [1.807, 2.05) is 6.92 Å². The maximum absolute atomic E-state index is 13.3. The monoisotopic (exact) mass is 462 g/mol. The number of carbonyl (C=O) groups excluding carboxylic acids is 1. The number of fused-ring (bicyclic) bond motifs is 1. The number of β-amino-alcohol motifs (C(OH)–C–C–N with tert-alkyl or cyclic N) is 1. The average molecular weight is 463 g/mol. The van der Waals surface area contributed by atoms with E-state index in [4.69, 9.17) is 0 Å². The topological polar surface area (TPSA) is 78.4 Å². The zero-order valence-electron chi connectivity index (χ0n) is 19.0. The number of rotatable bonds is 6. The molecule has 1 amide bonds. The molecule has 4 rings (SSSR count). The van der Waals surface area contributed by atoms with Crippen molar-refractivity contribution >= 4 is 11.7 Å². The minimum atomic E-state index is -4.40. The summed E-state index contributed by atoms with van der Waals surface area (Å²) in [5.74, 6) is 1.58. The molecule has 1 unspecified atom stereocenters. The van der Waals surface area contributed by atoms with Crippen molar-refractivity contribution in [3.63, 3.8) is 0 Å². The van der Waals surface area contributed by atoms with E-state index in [0.29, 0.717) is 42.3 Å². The second kappa shape index (κ2) is 8.93. The number of anilines is 1. The zero-order valence-corrected chi connectivity index (χ0v) is 19.0. The molecule has 0 saturated carbocycles. The van der Waals surface area contributed by atoms with Crippen LogP contribution in [-0.4, -0.2) is 45.1 Å². The molecule has 1 aliphatic carbocycles. The normalized spacial score (nSPS) is 19.2. The van der Waals surface area contributed by atoms with Gasteiger partial charge in [-0.25, -0.2) is 9.97 Å². The molecule has 178 valence electrons. The number of alkyl halides is 3. The maximum atomic E-state index is 13.3. The first kappa shape index (κ1) is 23.5. The van der Waals surface area contributed by atoms with E-state index in [-0.39, 0.29) is 17.9 Å². The van der Waals surface area contributed by atoms with Gasteiger partial charge >= 0.3 is 6.18 Å². The van der Waals surface area contributed by atoms with Crippen molar-refractivity contribution in [1.82, 2.24) is 14.9 Å². The Labute approximate surface area is 191 Å². The smallest absolute Gasteiger partial charge is 0.389 e. The van der Waals surface area contributed by atoms with Gasteiger partial charge in [-0.15, -0.1) is 0 Å². The van der Waals surface area contributed by atoms with Crippen LogP contribution in [0, 0.1) is 19.8 Å². The van der Waals surface area contributed by atoms with Gasteiger partial charge in [-0.2, -0.15) is 13.2 Å². The number of hydrogen-bond acceptors (Lipinski definition) is 5. The second-order valence-corrected chi connectivity index (χ2v) is 9.31. The fraction of sp³-hybridized carbons (Fsp3) is 0.542. The molecular formula is C24H29F3N4O2. The third kappa shape index (κ3) is 5.29. The van der Waals surface area contributed by atoms with Gasteiger partial charge in [-0.1, -0.05) is 11.6 Å². The fourth-order valence-electron chi connectivity index (χ4n) is 4.65. The number of nitrogens with one attached hydrogen (secondary N) is 1. The van der Waals surface area contributed by atoms with Gasteiger partial charge in [-0.05, 0) is 63.6 Å². The largest absolute Gasteiger partial charge is 0.416 e. The molecule has 1 saturated heterocycles. The Morgan fingerprint density at radius 3 is 2.61 bits per heavy atom. The number of benzene rings is 1. The predicted molar refractivity (Wildman–Crippen MR) is 118 cm³/mol. The number of aromatic nitrogens is 2. The van der Waals surface area contributed by atoms with Crippen LogP contribution in [0.25, 0.3) is 0 Å². The van der Waals surface area contributed by atoms with Crippen LogP contribution in [-0.2, 0) is 23.8 Å². The van der Waals surface area contributed by atoms with Crippen molar-refractivity contribution in [3.05, 3.63) is 52.0 Å². The molecule has 1 fully saturated rings. The molecule has 6 nitrogen and oxygen atoms in total. The third-order valence-electron chi connectivity index (χ3n) is 6.44. The molecule has 9 heteroatoms.